The maximum atomic E-state index is 12.6. The van der Waals surface area contributed by atoms with E-state index in [9.17, 15) is 18.0 Å². The van der Waals surface area contributed by atoms with Gasteiger partial charge in [-0.2, -0.15) is 0 Å². The van der Waals surface area contributed by atoms with Gasteiger partial charge in [0.1, 0.15) is 0 Å². The normalized spacial score (nSPS) is 12.3. The summed E-state index contributed by atoms with van der Waals surface area (Å²) in [5.74, 6) is -2.18. The summed E-state index contributed by atoms with van der Waals surface area (Å²) < 4.78 is 27.7. The third-order valence-electron chi connectivity index (χ3n) is 4.27. The van der Waals surface area contributed by atoms with E-state index in [1.54, 1.807) is 12.1 Å². The molecule has 0 aliphatic carbocycles. The maximum Gasteiger partial charge on any atom is 0.308 e. The molecule has 27 heavy (non-hydrogen) atoms. The first-order valence-electron chi connectivity index (χ1n) is 8.32. The second kappa shape index (κ2) is 8.22. The first-order chi connectivity index (χ1) is 12.6. The van der Waals surface area contributed by atoms with E-state index in [0.717, 1.165) is 11.1 Å². The molecular formula is C19H22N2O5S. The average molecular weight is 390 g/mol. The molecule has 3 N–H and O–H groups in total. The maximum absolute atomic E-state index is 12.6. The predicted molar refractivity (Wildman–Crippen MR) is 102 cm³/mol. The molecule has 0 bridgehead atoms. The van der Waals surface area contributed by atoms with E-state index in [1.807, 2.05) is 19.9 Å². The minimum absolute atomic E-state index is 0.0115. The molecule has 0 fully saturated rings. The van der Waals surface area contributed by atoms with Crippen molar-refractivity contribution >= 4 is 27.6 Å². The molecule has 0 spiro atoms. The first-order valence-corrected chi connectivity index (χ1v) is 9.80. The fourth-order valence-corrected chi connectivity index (χ4v) is 3.41. The molecule has 0 aliphatic rings. The van der Waals surface area contributed by atoms with Gasteiger partial charge < -0.3 is 10.4 Å². The van der Waals surface area contributed by atoms with Gasteiger partial charge in [-0.25, -0.2) is 8.42 Å². The van der Waals surface area contributed by atoms with E-state index >= 15 is 0 Å². The second-order valence-electron chi connectivity index (χ2n) is 6.33. The van der Waals surface area contributed by atoms with Gasteiger partial charge in [0.2, 0.25) is 0 Å². The average Bonchev–Trinajstić information content (AvgIpc) is 2.63. The van der Waals surface area contributed by atoms with Crippen LogP contribution in [0.1, 0.15) is 28.4 Å². The molecule has 1 amide bonds. The minimum Gasteiger partial charge on any atom is -0.481 e. The van der Waals surface area contributed by atoms with Crippen molar-refractivity contribution in [1.82, 2.24) is 5.32 Å². The highest BCUT2D eigenvalue weighted by Crippen LogP contribution is 2.22. The van der Waals surface area contributed by atoms with Crippen LogP contribution in [0.5, 0.6) is 0 Å². The molecule has 0 heterocycles. The third-order valence-corrected chi connectivity index (χ3v) is 5.65. The van der Waals surface area contributed by atoms with Crippen LogP contribution in [-0.2, 0) is 14.8 Å². The summed E-state index contributed by atoms with van der Waals surface area (Å²) in [6, 6.07) is 10.8. The highest BCUT2D eigenvalue weighted by molar-refractivity contribution is 7.92. The summed E-state index contributed by atoms with van der Waals surface area (Å²) in [6.07, 6.45) is 0. The van der Waals surface area contributed by atoms with E-state index in [0.29, 0.717) is 5.69 Å². The van der Waals surface area contributed by atoms with Crippen LogP contribution in [0.25, 0.3) is 0 Å². The van der Waals surface area contributed by atoms with Crippen molar-refractivity contribution in [2.75, 3.05) is 11.3 Å². The zero-order valence-corrected chi connectivity index (χ0v) is 16.1. The lowest BCUT2D eigenvalue weighted by molar-refractivity contribution is -0.140. The number of carbonyl (C=O) groups is 2. The second-order valence-corrected chi connectivity index (χ2v) is 8.01. The number of anilines is 1. The Balaban J connectivity index is 2.12. The number of hydrogen-bond acceptors (Lipinski definition) is 4. The zero-order chi connectivity index (χ0) is 20.2. The molecule has 7 nitrogen and oxygen atoms in total. The van der Waals surface area contributed by atoms with Gasteiger partial charge in [0.25, 0.3) is 15.9 Å². The van der Waals surface area contributed by atoms with Gasteiger partial charge in [-0.05, 0) is 55.3 Å². The fraction of sp³-hybridized carbons (Fsp3) is 0.263. The molecule has 0 aromatic heterocycles. The lowest BCUT2D eigenvalue weighted by atomic mass is 10.1. The monoisotopic (exact) mass is 390 g/mol. The van der Waals surface area contributed by atoms with Crippen LogP contribution in [0.15, 0.2) is 47.4 Å². The highest BCUT2D eigenvalue weighted by atomic mass is 32.2. The van der Waals surface area contributed by atoms with Gasteiger partial charge in [-0.3, -0.25) is 14.3 Å². The Morgan fingerprint density at radius 2 is 1.70 bits per heavy atom. The number of rotatable bonds is 7. The van der Waals surface area contributed by atoms with Crippen molar-refractivity contribution in [3.8, 4) is 0 Å². The Labute approximate surface area is 158 Å². The van der Waals surface area contributed by atoms with Crippen LogP contribution in [0.4, 0.5) is 5.69 Å². The number of carboxylic acid groups (broad SMARTS) is 1. The summed E-state index contributed by atoms with van der Waals surface area (Å²) in [4.78, 5) is 22.8. The third kappa shape index (κ3) is 5.07. The van der Waals surface area contributed by atoms with Crippen molar-refractivity contribution in [3.63, 3.8) is 0 Å². The highest BCUT2D eigenvalue weighted by Gasteiger charge is 2.17. The van der Waals surface area contributed by atoms with E-state index in [4.69, 9.17) is 5.11 Å². The fourth-order valence-electron chi connectivity index (χ4n) is 2.29. The molecule has 1 atom stereocenters. The molecule has 0 saturated heterocycles. The standard InChI is InChI=1S/C19H22N2O5S/c1-12-5-4-6-17(14(12)3)21-27(25,26)16-9-7-15(8-10-16)18(22)20-11-13(2)19(23)24/h4-10,13,21H,11H2,1-3H3,(H,20,22)(H,23,24). The van der Waals surface area contributed by atoms with E-state index in [-0.39, 0.29) is 17.0 Å². The number of aliphatic carboxylic acids is 1. The Bertz CT molecular complexity index is 953. The number of nitrogens with one attached hydrogen (secondary N) is 2. The van der Waals surface area contributed by atoms with E-state index < -0.39 is 27.8 Å². The number of sulfonamides is 1. The quantitative estimate of drug-likeness (QED) is 0.672. The van der Waals surface area contributed by atoms with Crippen LogP contribution < -0.4 is 10.0 Å². The van der Waals surface area contributed by atoms with Crippen LogP contribution in [-0.4, -0.2) is 31.9 Å². The number of aryl methyl sites for hydroxylation is 1. The lowest BCUT2D eigenvalue weighted by Crippen LogP contribution is -2.31. The Hall–Kier alpha value is -2.87. The van der Waals surface area contributed by atoms with Crippen LogP contribution >= 0.6 is 0 Å². The van der Waals surface area contributed by atoms with Crippen LogP contribution in [0.2, 0.25) is 0 Å². The summed E-state index contributed by atoms with van der Waals surface area (Å²) in [6.45, 7) is 5.20. The SMILES string of the molecule is Cc1cccc(NS(=O)(=O)c2ccc(C(=O)NCC(C)C(=O)O)cc2)c1C. The summed E-state index contributed by atoms with van der Waals surface area (Å²) in [5.41, 5.74) is 2.56. The summed E-state index contributed by atoms with van der Waals surface area (Å²) in [5, 5.41) is 11.3. The number of hydrogen-bond donors (Lipinski definition) is 3. The molecule has 144 valence electrons. The molecule has 8 heteroatoms. The Kier molecular flexibility index (Phi) is 6.22. The topological polar surface area (TPSA) is 113 Å². The van der Waals surface area contributed by atoms with Crippen molar-refractivity contribution in [2.24, 2.45) is 5.92 Å². The first kappa shape index (κ1) is 20.4. The van der Waals surface area contributed by atoms with Crippen molar-refractivity contribution < 1.29 is 23.1 Å². The van der Waals surface area contributed by atoms with Gasteiger partial charge in [0.15, 0.2) is 0 Å². The van der Waals surface area contributed by atoms with Gasteiger partial charge >= 0.3 is 5.97 Å². The van der Waals surface area contributed by atoms with Crippen LogP contribution in [0.3, 0.4) is 0 Å². The van der Waals surface area contributed by atoms with E-state index in [1.165, 1.54) is 31.2 Å². The number of carboxylic acids is 1. The lowest BCUT2D eigenvalue weighted by Gasteiger charge is -2.13. The van der Waals surface area contributed by atoms with E-state index in [2.05, 4.69) is 10.0 Å². The van der Waals surface area contributed by atoms with Crippen molar-refractivity contribution in [3.05, 3.63) is 59.2 Å². The van der Waals surface area contributed by atoms with Gasteiger partial charge in [0, 0.05) is 12.1 Å². The molecule has 0 aliphatic heterocycles. The van der Waals surface area contributed by atoms with Crippen molar-refractivity contribution in [1.29, 1.82) is 0 Å². The summed E-state index contributed by atoms with van der Waals surface area (Å²) >= 11 is 0. The molecule has 0 saturated carbocycles. The summed E-state index contributed by atoms with van der Waals surface area (Å²) in [7, 11) is -3.79. The molecule has 2 rings (SSSR count). The predicted octanol–water partition coefficient (Wildman–Crippen LogP) is 2.55. The smallest absolute Gasteiger partial charge is 0.308 e. The molecule has 1 unspecified atom stereocenters. The number of amides is 1. The molecule has 2 aromatic carbocycles. The van der Waals surface area contributed by atoms with Gasteiger partial charge in [0.05, 0.1) is 16.5 Å². The Morgan fingerprint density at radius 3 is 2.30 bits per heavy atom. The van der Waals surface area contributed by atoms with Crippen molar-refractivity contribution in [2.45, 2.75) is 25.7 Å². The molecule has 2 aromatic rings. The Morgan fingerprint density at radius 1 is 1.07 bits per heavy atom. The van der Waals surface area contributed by atoms with Gasteiger partial charge in [-0.15, -0.1) is 0 Å². The van der Waals surface area contributed by atoms with Crippen LogP contribution in [0, 0.1) is 19.8 Å². The zero-order valence-electron chi connectivity index (χ0n) is 15.3. The number of benzene rings is 2. The number of carbonyl (C=O) groups excluding carboxylic acids is 1. The molecular weight excluding hydrogens is 368 g/mol. The molecule has 0 radical (unpaired) electrons. The van der Waals surface area contributed by atoms with Gasteiger partial charge in [-0.1, -0.05) is 19.1 Å². The minimum atomic E-state index is -3.79. The largest absolute Gasteiger partial charge is 0.481 e.